The van der Waals surface area contributed by atoms with Gasteiger partial charge < -0.3 is 19.7 Å². The highest BCUT2D eigenvalue weighted by Crippen LogP contribution is 2.29. The summed E-state index contributed by atoms with van der Waals surface area (Å²) in [6.07, 6.45) is 1.78. The number of carbonyl (C=O) groups excluding carboxylic acids is 1. The maximum atomic E-state index is 12.9. The van der Waals surface area contributed by atoms with E-state index in [1.54, 1.807) is 6.33 Å². The van der Waals surface area contributed by atoms with Crippen LogP contribution >= 0.6 is 23.2 Å². The third-order valence-electron chi connectivity index (χ3n) is 7.46. The third-order valence-corrected chi connectivity index (χ3v) is 8.16. The predicted molar refractivity (Wildman–Crippen MR) is 162 cm³/mol. The molecule has 1 fully saturated rings. The van der Waals surface area contributed by atoms with E-state index in [0.29, 0.717) is 28.0 Å². The highest BCUT2D eigenvalue weighted by atomic mass is 35.5. The van der Waals surface area contributed by atoms with Crippen LogP contribution in [0.15, 0.2) is 73.1 Å². The van der Waals surface area contributed by atoms with E-state index in [0.717, 1.165) is 66.3 Å². The summed E-state index contributed by atoms with van der Waals surface area (Å²) in [6, 6.07) is 21.0. The van der Waals surface area contributed by atoms with Crippen LogP contribution in [-0.2, 0) is 6.54 Å². The lowest BCUT2D eigenvalue weighted by molar-refractivity contribution is 0.102. The van der Waals surface area contributed by atoms with Crippen molar-refractivity contribution in [3.63, 3.8) is 0 Å². The molecule has 6 rings (SSSR count). The van der Waals surface area contributed by atoms with Crippen LogP contribution in [0.4, 0.5) is 11.5 Å². The van der Waals surface area contributed by atoms with E-state index in [-0.39, 0.29) is 5.91 Å². The maximum Gasteiger partial charge on any atom is 0.256 e. The number of imidazole rings is 1. The first-order valence-electron chi connectivity index (χ1n) is 13.3. The van der Waals surface area contributed by atoms with E-state index in [1.165, 1.54) is 0 Å². The van der Waals surface area contributed by atoms with E-state index < -0.39 is 0 Å². The van der Waals surface area contributed by atoms with Crippen LogP contribution in [0.2, 0.25) is 10.0 Å². The van der Waals surface area contributed by atoms with Gasteiger partial charge in [-0.3, -0.25) is 9.89 Å². The van der Waals surface area contributed by atoms with Crippen molar-refractivity contribution in [1.29, 1.82) is 0 Å². The van der Waals surface area contributed by atoms with Crippen molar-refractivity contribution >= 4 is 51.6 Å². The first-order chi connectivity index (χ1) is 19.5. The number of anilines is 2. The highest BCUT2D eigenvalue weighted by molar-refractivity contribution is 6.36. The van der Waals surface area contributed by atoms with Gasteiger partial charge in [0.15, 0.2) is 5.82 Å². The Labute approximate surface area is 242 Å². The van der Waals surface area contributed by atoms with Crippen molar-refractivity contribution in [2.75, 3.05) is 42.9 Å². The zero-order valence-electron chi connectivity index (χ0n) is 22.1. The molecule has 5 aromatic rings. The number of aromatic nitrogens is 4. The molecule has 204 valence electrons. The Bertz CT molecular complexity index is 1630. The minimum Gasteiger partial charge on any atom is -0.369 e. The van der Waals surface area contributed by atoms with Gasteiger partial charge in [-0.25, -0.2) is 4.98 Å². The summed E-state index contributed by atoms with van der Waals surface area (Å²) in [5, 5.41) is 11.5. The Balaban J connectivity index is 1.15. The average molecular weight is 575 g/mol. The van der Waals surface area contributed by atoms with Crippen LogP contribution < -0.4 is 10.2 Å². The molecule has 0 atom stereocenters. The van der Waals surface area contributed by atoms with Crippen LogP contribution in [0.3, 0.4) is 0 Å². The maximum absolute atomic E-state index is 12.9. The van der Waals surface area contributed by atoms with E-state index in [1.807, 2.05) is 71.3 Å². The number of halogens is 2. The topological polar surface area (TPSA) is 82.1 Å². The van der Waals surface area contributed by atoms with Gasteiger partial charge in [0.1, 0.15) is 0 Å². The molecule has 0 bridgehead atoms. The second kappa shape index (κ2) is 11.3. The second-order valence-corrected chi connectivity index (χ2v) is 10.7. The summed E-state index contributed by atoms with van der Waals surface area (Å²) in [6.45, 7) is 7.89. The second-order valence-electron chi connectivity index (χ2n) is 9.87. The van der Waals surface area contributed by atoms with Gasteiger partial charge in [0.2, 0.25) is 0 Å². The van der Waals surface area contributed by atoms with Crippen LogP contribution in [0, 0.1) is 0 Å². The molecule has 1 aliphatic heterocycles. The summed E-state index contributed by atoms with van der Waals surface area (Å²) >= 11 is 12.8. The van der Waals surface area contributed by atoms with Crippen LogP contribution in [0.1, 0.15) is 22.8 Å². The largest absolute Gasteiger partial charge is 0.369 e. The summed E-state index contributed by atoms with van der Waals surface area (Å²) in [5.41, 5.74) is 6.06. The zero-order chi connectivity index (χ0) is 27.6. The number of benzene rings is 3. The number of amides is 1. The molecule has 3 aromatic carbocycles. The Morgan fingerprint density at radius 2 is 1.73 bits per heavy atom. The van der Waals surface area contributed by atoms with Gasteiger partial charge in [-0.05, 0) is 55.1 Å². The van der Waals surface area contributed by atoms with Gasteiger partial charge >= 0.3 is 0 Å². The first kappa shape index (κ1) is 26.4. The van der Waals surface area contributed by atoms with Crippen LogP contribution in [0.5, 0.6) is 0 Å². The standard InChI is InChI=1S/C30H29Cl2N7O/c1-2-37-12-14-38(15-13-37)22-9-6-20(7-10-22)30(40)34-29-17-27(35-36-29)21-8-11-26-28(16-21)39(19-33-26)18-23-24(31)4-3-5-25(23)32/h3-11,16-17,19H,2,12-15,18H2,1H3,(H2,34,35,36,40). The predicted octanol–water partition coefficient (Wildman–Crippen LogP) is 6.18. The molecule has 3 heterocycles. The molecule has 0 unspecified atom stereocenters. The molecule has 0 radical (unpaired) electrons. The molecular formula is C30H29Cl2N7O. The number of rotatable bonds is 7. The fourth-order valence-corrected chi connectivity index (χ4v) is 5.59. The van der Waals surface area contributed by atoms with Gasteiger partial charge in [0, 0.05) is 64.7 Å². The summed E-state index contributed by atoms with van der Waals surface area (Å²) in [5.74, 6) is 0.252. The summed E-state index contributed by atoms with van der Waals surface area (Å²) < 4.78 is 2.01. The smallest absolute Gasteiger partial charge is 0.256 e. The van der Waals surface area contributed by atoms with E-state index in [2.05, 4.69) is 37.2 Å². The Hall–Kier alpha value is -3.85. The van der Waals surface area contributed by atoms with Crippen molar-refractivity contribution in [3.05, 3.63) is 94.2 Å². The fraction of sp³-hybridized carbons (Fsp3) is 0.233. The lowest BCUT2D eigenvalue weighted by Crippen LogP contribution is -2.46. The van der Waals surface area contributed by atoms with E-state index >= 15 is 0 Å². The molecule has 0 aliphatic carbocycles. The number of carbonyl (C=O) groups is 1. The van der Waals surface area contributed by atoms with Crippen LogP contribution in [0.25, 0.3) is 22.3 Å². The molecule has 1 saturated heterocycles. The molecule has 0 saturated carbocycles. The average Bonchev–Trinajstić information content (AvgIpc) is 3.62. The Kier molecular flexibility index (Phi) is 7.47. The SMILES string of the molecule is CCN1CCN(c2ccc(C(=O)Nc3cc(-c4ccc5ncn(Cc6c(Cl)cccc6Cl)c5c4)[nH]n3)cc2)CC1. The zero-order valence-corrected chi connectivity index (χ0v) is 23.6. The number of hydrogen-bond donors (Lipinski definition) is 2. The molecule has 0 spiro atoms. The number of H-pyrrole nitrogens is 1. The normalized spacial score (nSPS) is 14.1. The highest BCUT2D eigenvalue weighted by Gasteiger charge is 2.17. The number of nitrogens with one attached hydrogen (secondary N) is 2. The Morgan fingerprint density at radius 3 is 2.45 bits per heavy atom. The number of piperazine rings is 1. The lowest BCUT2D eigenvalue weighted by Gasteiger charge is -2.35. The summed E-state index contributed by atoms with van der Waals surface area (Å²) in [7, 11) is 0. The van der Waals surface area contributed by atoms with Gasteiger partial charge in [-0.2, -0.15) is 5.10 Å². The number of aromatic amines is 1. The lowest BCUT2D eigenvalue weighted by atomic mass is 10.1. The monoisotopic (exact) mass is 573 g/mol. The van der Waals surface area contributed by atoms with E-state index in [4.69, 9.17) is 23.2 Å². The van der Waals surface area contributed by atoms with Crippen molar-refractivity contribution < 1.29 is 4.79 Å². The summed E-state index contributed by atoms with van der Waals surface area (Å²) in [4.78, 5) is 22.2. The minimum atomic E-state index is -0.203. The molecule has 40 heavy (non-hydrogen) atoms. The van der Waals surface area contributed by atoms with Crippen molar-refractivity contribution in [2.45, 2.75) is 13.5 Å². The van der Waals surface area contributed by atoms with E-state index in [9.17, 15) is 4.79 Å². The molecular weight excluding hydrogens is 545 g/mol. The fourth-order valence-electron chi connectivity index (χ4n) is 5.07. The molecule has 2 N–H and O–H groups in total. The molecule has 2 aromatic heterocycles. The van der Waals surface area contributed by atoms with Crippen molar-refractivity contribution in [3.8, 4) is 11.3 Å². The molecule has 8 nitrogen and oxygen atoms in total. The Morgan fingerprint density at radius 1 is 0.975 bits per heavy atom. The number of fused-ring (bicyclic) bond motifs is 1. The van der Waals surface area contributed by atoms with Gasteiger partial charge in [0.05, 0.1) is 29.6 Å². The molecule has 1 aliphatic rings. The van der Waals surface area contributed by atoms with Crippen molar-refractivity contribution in [2.24, 2.45) is 0 Å². The number of nitrogens with zero attached hydrogens (tertiary/aromatic N) is 5. The van der Waals surface area contributed by atoms with Crippen LogP contribution in [-0.4, -0.2) is 63.3 Å². The van der Waals surface area contributed by atoms with Gasteiger partial charge in [0.25, 0.3) is 5.91 Å². The third kappa shape index (κ3) is 5.43. The number of hydrogen-bond acceptors (Lipinski definition) is 5. The van der Waals surface area contributed by atoms with Gasteiger partial charge in [-0.15, -0.1) is 0 Å². The number of likely N-dealkylation sites (N-methyl/N-ethyl adjacent to an activating group) is 1. The minimum absolute atomic E-state index is 0.203. The van der Waals surface area contributed by atoms with Gasteiger partial charge in [-0.1, -0.05) is 42.3 Å². The quantitative estimate of drug-likeness (QED) is 0.243. The first-order valence-corrected chi connectivity index (χ1v) is 14.1. The van der Waals surface area contributed by atoms with Crippen molar-refractivity contribution in [1.82, 2.24) is 24.6 Å². The molecule has 10 heteroatoms. The molecule has 1 amide bonds.